The molecule has 16 nitrogen and oxygen atoms in total. The lowest BCUT2D eigenvalue weighted by Gasteiger charge is -2.48. The summed E-state index contributed by atoms with van der Waals surface area (Å²) in [7, 11) is 1.64. The molecule has 10 rings (SSSR count). The Morgan fingerprint density at radius 3 is 2.51 bits per heavy atom. The van der Waals surface area contributed by atoms with E-state index in [0.717, 1.165) is 74.5 Å². The number of carbonyl (C=O) groups excluding carboxylic acids is 3. The van der Waals surface area contributed by atoms with E-state index in [1.807, 2.05) is 38.1 Å². The zero-order valence-corrected chi connectivity index (χ0v) is 40.7. The molecule has 5 aromatic rings. The fraction of sp³-hybridized carbons (Fsp3) is 0.434. The first kappa shape index (κ1) is 46.0. The number of piperidine rings is 1. The van der Waals surface area contributed by atoms with Gasteiger partial charge in [0.1, 0.15) is 11.5 Å². The molecule has 4 aliphatic heterocycles. The molecule has 0 bridgehead atoms. The average molecular weight is 934 g/mol. The molecule has 1 aliphatic carbocycles. The van der Waals surface area contributed by atoms with Crippen LogP contribution in [0.4, 0.5) is 40.1 Å². The maximum absolute atomic E-state index is 14.1. The third kappa shape index (κ3) is 8.06. The Hall–Kier alpha value is -6.78. The Morgan fingerprint density at radius 2 is 1.75 bits per heavy atom. The first-order chi connectivity index (χ1) is 33.0. The Bertz CT molecular complexity index is 2990. The quantitative estimate of drug-likeness (QED) is 0.111. The van der Waals surface area contributed by atoms with Gasteiger partial charge in [0.25, 0.3) is 11.5 Å². The summed E-state index contributed by atoms with van der Waals surface area (Å²) in [6.07, 6.45) is 8.30. The van der Waals surface area contributed by atoms with Crippen LogP contribution in [0.3, 0.4) is 0 Å². The number of aliphatic hydroxyl groups excluding tert-OH is 1. The number of pyridine rings is 1. The summed E-state index contributed by atoms with van der Waals surface area (Å²) in [5, 5.41) is 20.3. The fourth-order valence-corrected chi connectivity index (χ4v) is 11.7. The molecule has 7 heterocycles. The van der Waals surface area contributed by atoms with Crippen LogP contribution < -0.4 is 36.2 Å². The van der Waals surface area contributed by atoms with Crippen LogP contribution in [-0.2, 0) is 48.0 Å². The van der Waals surface area contributed by atoms with Gasteiger partial charge in [0, 0.05) is 99.3 Å². The molecule has 2 aromatic carbocycles. The number of anilines is 7. The standard InChI is InChI=1S/C53H63N11O5/c1-9-45(66)56-39-25-34(13-14-41(39)62-20-19-60(28-32(62)3)35-16-18-61(31(2)23-35)42-12-10-11-38-46(42)58-51(69)53(38,6)7)55-47-50(68)59(8)29-40(57-47)36-15-17-54-48(37(36)30-65)64-22-21-63-43(49(64)67)24-33-26-52(4,5)27-44(33)63/h9-15,17,24-25,29,31-32,35,65H,1,16,18-23,26-28,30H2,2-8H3,(H,55,57)(H,56,66)(H,58,69)/t31-,32+,35?/m1/s1. The van der Waals surface area contributed by atoms with Crippen molar-refractivity contribution < 1.29 is 19.5 Å². The fourth-order valence-electron chi connectivity index (χ4n) is 11.7. The van der Waals surface area contributed by atoms with Crippen molar-refractivity contribution in [3.05, 3.63) is 112 Å². The van der Waals surface area contributed by atoms with Crippen molar-refractivity contribution in [1.82, 2.24) is 24.0 Å². The third-order valence-corrected chi connectivity index (χ3v) is 15.3. The number of aryl methyl sites for hydroxylation is 1. The van der Waals surface area contributed by atoms with E-state index in [1.54, 1.807) is 30.4 Å². The highest BCUT2D eigenvalue weighted by Crippen LogP contribution is 2.45. The van der Waals surface area contributed by atoms with E-state index >= 15 is 0 Å². The summed E-state index contributed by atoms with van der Waals surface area (Å²) in [6.45, 7) is 20.6. The first-order valence-corrected chi connectivity index (χ1v) is 24.2. The molecule has 1 unspecified atom stereocenters. The van der Waals surface area contributed by atoms with E-state index < -0.39 is 12.0 Å². The second-order valence-electron chi connectivity index (χ2n) is 20.9. The Labute approximate surface area is 403 Å². The summed E-state index contributed by atoms with van der Waals surface area (Å²) in [5.74, 6) is -0.0807. The van der Waals surface area contributed by atoms with Crippen LogP contribution in [0.15, 0.2) is 78.4 Å². The number of fused-ring (bicyclic) bond motifs is 4. The minimum absolute atomic E-state index is 0.0382. The van der Waals surface area contributed by atoms with Crippen LogP contribution in [0, 0.1) is 5.41 Å². The number of nitrogens with zero attached hydrogens (tertiary/aromatic N) is 8. The van der Waals surface area contributed by atoms with Gasteiger partial charge < -0.3 is 40.0 Å². The number of rotatable bonds is 10. The van der Waals surface area contributed by atoms with Crippen LogP contribution in [0.1, 0.15) is 87.3 Å². The Morgan fingerprint density at radius 1 is 0.957 bits per heavy atom. The molecule has 2 fully saturated rings. The number of aromatic nitrogens is 4. The van der Waals surface area contributed by atoms with Crippen molar-refractivity contribution in [1.29, 1.82) is 0 Å². The van der Waals surface area contributed by atoms with Gasteiger partial charge in [-0.05, 0) is 112 Å². The molecule has 3 atom stereocenters. The van der Waals surface area contributed by atoms with Gasteiger partial charge in [0.15, 0.2) is 5.82 Å². The third-order valence-electron chi connectivity index (χ3n) is 15.3. The number of aliphatic hydroxyl groups is 1. The zero-order chi connectivity index (χ0) is 48.7. The lowest BCUT2D eigenvalue weighted by atomic mass is 9.85. The van der Waals surface area contributed by atoms with Gasteiger partial charge in [0.05, 0.1) is 40.5 Å². The molecule has 3 amide bonds. The first-order valence-electron chi connectivity index (χ1n) is 24.2. The van der Waals surface area contributed by atoms with E-state index in [9.17, 15) is 24.3 Å². The molecule has 3 aromatic heterocycles. The van der Waals surface area contributed by atoms with Gasteiger partial charge in [-0.3, -0.25) is 29.0 Å². The predicted molar refractivity (Wildman–Crippen MR) is 271 cm³/mol. The van der Waals surface area contributed by atoms with Crippen molar-refractivity contribution >= 4 is 57.8 Å². The average Bonchev–Trinajstić information content (AvgIpc) is 3.90. The molecule has 0 spiro atoms. The largest absolute Gasteiger partial charge is 0.392 e. The monoisotopic (exact) mass is 934 g/mol. The number of hydrogen-bond donors (Lipinski definition) is 4. The van der Waals surface area contributed by atoms with Crippen LogP contribution in [0.2, 0.25) is 0 Å². The number of para-hydroxylation sites is 1. The van der Waals surface area contributed by atoms with Gasteiger partial charge in [-0.25, -0.2) is 9.97 Å². The highest BCUT2D eigenvalue weighted by molar-refractivity contribution is 6.09. The van der Waals surface area contributed by atoms with Crippen LogP contribution in [0.5, 0.6) is 0 Å². The minimum Gasteiger partial charge on any atom is -0.392 e. The summed E-state index contributed by atoms with van der Waals surface area (Å²) in [6, 6.07) is 16.5. The lowest BCUT2D eigenvalue weighted by molar-refractivity contribution is -0.119. The van der Waals surface area contributed by atoms with Gasteiger partial charge in [-0.15, -0.1) is 0 Å². The van der Waals surface area contributed by atoms with Gasteiger partial charge in [0.2, 0.25) is 11.8 Å². The summed E-state index contributed by atoms with van der Waals surface area (Å²) in [5.41, 5.74) is 8.74. The number of piperazine rings is 1. The normalized spacial score (nSPS) is 21.7. The SMILES string of the molecule is C=CC(=O)Nc1cc(Nc2nc(-c3ccnc(N4CCn5c(cc6c5CC(C)(C)C6)C4=O)c3CO)cn(C)c2=O)ccc1N1CCN(C2CCN(c3cccc4c3NC(=O)C4(C)C)[C@H](C)C2)C[C@@H]1C. The van der Waals surface area contributed by atoms with Gasteiger partial charge in [-0.1, -0.05) is 32.6 Å². The number of amides is 3. The van der Waals surface area contributed by atoms with Gasteiger partial charge in [-0.2, -0.15) is 0 Å². The second-order valence-corrected chi connectivity index (χ2v) is 20.9. The lowest BCUT2D eigenvalue weighted by Crippen LogP contribution is -2.58. The molecule has 5 aliphatic rings. The summed E-state index contributed by atoms with van der Waals surface area (Å²) < 4.78 is 3.58. The van der Waals surface area contributed by atoms with Crippen molar-refractivity contribution in [3.8, 4) is 11.3 Å². The van der Waals surface area contributed by atoms with Crippen molar-refractivity contribution in [3.63, 3.8) is 0 Å². The minimum atomic E-state index is -0.556. The van der Waals surface area contributed by atoms with E-state index in [1.165, 1.54) is 21.9 Å². The molecule has 360 valence electrons. The maximum atomic E-state index is 14.1. The number of nitrogens with one attached hydrogen (secondary N) is 3. The van der Waals surface area contributed by atoms with Crippen LogP contribution in [0.25, 0.3) is 11.3 Å². The van der Waals surface area contributed by atoms with E-state index in [4.69, 9.17) is 4.98 Å². The van der Waals surface area contributed by atoms with Crippen molar-refractivity contribution in [2.75, 3.05) is 63.4 Å². The summed E-state index contributed by atoms with van der Waals surface area (Å²) >= 11 is 0. The molecule has 0 saturated carbocycles. The maximum Gasteiger partial charge on any atom is 0.293 e. The van der Waals surface area contributed by atoms with E-state index in [0.29, 0.717) is 58.8 Å². The molecule has 0 radical (unpaired) electrons. The molecule has 16 heteroatoms. The highest BCUT2D eigenvalue weighted by Gasteiger charge is 2.42. The Kier molecular flexibility index (Phi) is 11.5. The Balaban J connectivity index is 0.859. The topological polar surface area (TPSA) is 173 Å². The number of carbonyl (C=O) groups is 3. The molecular formula is C53H63N11O5. The molecule has 4 N–H and O–H groups in total. The number of benzene rings is 2. The summed E-state index contributed by atoms with van der Waals surface area (Å²) in [4.78, 5) is 72.0. The molecular weight excluding hydrogens is 871 g/mol. The van der Waals surface area contributed by atoms with Crippen molar-refractivity contribution in [2.24, 2.45) is 12.5 Å². The molecule has 2 saturated heterocycles. The number of hydrogen-bond acceptors (Lipinski definition) is 11. The smallest absolute Gasteiger partial charge is 0.293 e. The second kappa shape index (κ2) is 17.3. The van der Waals surface area contributed by atoms with Crippen LogP contribution in [-0.4, -0.2) is 97.7 Å². The predicted octanol–water partition coefficient (Wildman–Crippen LogP) is 6.59. The zero-order valence-electron chi connectivity index (χ0n) is 40.7. The van der Waals surface area contributed by atoms with Crippen molar-refractivity contribution in [2.45, 2.75) is 104 Å². The molecule has 69 heavy (non-hydrogen) atoms. The van der Waals surface area contributed by atoms with E-state index in [-0.39, 0.29) is 46.6 Å². The van der Waals surface area contributed by atoms with Gasteiger partial charge >= 0.3 is 0 Å². The van der Waals surface area contributed by atoms with E-state index in [2.05, 4.69) is 92.7 Å². The van der Waals surface area contributed by atoms with Crippen LogP contribution >= 0.6 is 0 Å². The highest BCUT2D eigenvalue weighted by atomic mass is 16.3.